The number of aromatic amines is 1. The lowest BCUT2D eigenvalue weighted by Crippen LogP contribution is -2.52. The van der Waals surface area contributed by atoms with Gasteiger partial charge in [0.2, 0.25) is 0 Å². The summed E-state index contributed by atoms with van der Waals surface area (Å²) in [5.41, 5.74) is -0.355. The second-order valence-electron chi connectivity index (χ2n) is 7.37. The van der Waals surface area contributed by atoms with Crippen molar-refractivity contribution in [1.29, 1.82) is 0 Å². The SMILES string of the molecule is CC(C)(C)OC(=O)N1CC(Cc2nc3ccc(C(F)(F)F)cc3[nH]2)C1. The maximum absolute atomic E-state index is 12.7. The largest absolute Gasteiger partial charge is 0.444 e. The first-order valence-corrected chi connectivity index (χ1v) is 8.05. The average molecular weight is 355 g/mol. The fourth-order valence-corrected chi connectivity index (χ4v) is 2.78. The number of benzene rings is 1. The van der Waals surface area contributed by atoms with Crippen LogP contribution in [0.1, 0.15) is 32.2 Å². The number of nitrogens with one attached hydrogen (secondary N) is 1. The van der Waals surface area contributed by atoms with E-state index in [2.05, 4.69) is 9.97 Å². The predicted molar refractivity (Wildman–Crippen MR) is 86.1 cm³/mol. The highest BCUT2D eigenvalue weighted by Crippen LogP contribution is 2.31. The number of hydrogen-bond donors (Lipinski definition) is 1. The molecule has 0 saturated carbocycles. The van der Waals surface area contributed by atoms with Crippen LogP contribution in [0.2, 0.25) is 0 Å². The number of halogens is 3. The van der Waals surface area contributed by atoms with Gasteiger partial charge < -0.3 is 14.6 Å². The first-order valence-electron chi connectivity index (χ1n) is 8.05. The molecule has 0 radical (unpaired) electrons. The van der Waals surface area contributed by atoms with Crippen LogP contribution in [0.15, 0.2) is 18.2 Å². The van der Waals surface area contributed by atoms with Gasteiger partial charge in [0.15, 0.2) is 0 Å². The maximum Gasteiger partial charge on any atom is 0.416 e. The van der Waals surface area contributed by atoms with Crippen molar-refractivity contribution in [3.63, 3.8) is 0 Å². The molecule has 0 atom stereocenters. The normalized spacial score (nSPS) is 16.2. The standard InChI is InChI=1S/C17H20F3N3O2/c1-16(2,3)25-15(24)23-8-10(9-23)6-14-21-12-5-4-11(17(18,19)20)7-13(12)22-14/h4-5,7,10H,6,8-9H2,1-3H3,(H,21,22). The van der Waals surface area contributed by atoms with Crippen LogP contribution < -0.4 is 0 Å². The van der Waals surface area contributed by atoms with Crippen molar-refractivity contribution in [1.82, 2.24) is 14.9 Å². The van der Waals surface area contributed by atoms with Gasteiger partial charge >= 0.3 is 12.3 Å². The molecule has 2 heterocycles. The van der Waals surface area contributed by atoms with E-state index >= 15 is 0 Å². The van der Waals surface area contributed by atoms with Crippen molar-refractivity contribution < 1.29 is 22.7 Å². The third kappa shape index (κ3) is 4.05. The monoisotopic (exact) mass is 355 g/mol. The van der Waals surface area contributed by atoms with Gasteiger partial charge in [0.05, 0.1) is 16.6 Å². The highest BCUT2D eigenvalue weighted by molar-refractivity contribution is 5.76. The Morgan fingerprint density at radius 1 is 1.32 bits per heavy atom. The molecule has 1 aromatic carbocycles. The molecule has 25 heavy (non-hydrogen) atoms. The summed E-state index contributed by atoms with van der Waals surface area (Å²) in [5.74, 6) is 0.846. The number of carbonyl (C=O) groups is 1. The van der Waals surface area contributed by atoms with Crippen molar-refractivity contribution in [2.24, 2.45) is 5.92 Å². The molecule has 1 aliphatic rings. The minimum Gasteiger partial charge on any atom is -0.444 e. The number of amides is 1. The number of H-pyrrole nitrogens is 1. The van der Waals surface area contributed by atoms with Crippen molar-refractivity contribution in [2.45, 2.75) is 39.0 Å². The molecule has 1 fully saturated rings. The van der Waals surface area contributed by atoms with Gasteiger partial charge in [0.25, 0.3) is 0 Å². The van der Waals surface area contributed by atoms with Crippen LogP contribution in [0.25, 0.3) is 11.0 Å². The molecule has 1 aromatic heterocycles. The molecule has 0 unspecified atom stereocenters. The van der Waals surface area contributed by atoms with Gasteiger partial charge in [-0.2, -0.15) is 13.2 Å². The average Bonchev–Trinajstić information content (AvgIpc) is 2.80. The molecule has 0 bridgehead atoms. The van der Waals surface area contributed by atoms with Crippen LogP contribution in [-0.2, 0) is 17.3 Å². The molecule has 1 N–H and O–H groups in total. The van der Waals surface area contributed by atoms with Gasteiger partial charge in [-0.3, -0.25) is 0 Å². The smallest absolute Gasteiger partial charge is 0.416 e. The van der Waals surface area contributed by atoms with E-state index in [4.69, 9.17) is 4.74 Å². The number of fused-ring (bicyclic) bond motifs is 1. The van der Waals surface area contributed by atoms with Gasteiger partial charge in [-0.1, -0.05) is 0 Å². The van der Waals surface area contributed by atoms with Crippen LogP contribution in [0.4, 0.5) is 18.0 Å². The van der Waals surface area contributed by atoms with Crippen molar-refractivity contribution in [2.75, 3.05) is 13.1 Å². The first kappa shape index (κ1) is 17.6. The minimum atomic E-state index is -4.37. The summed E-state index contributed by atoms with van der Waals surface area (Å²) in [4.78, 5) is 20.8. The fourth-order valence-electron chi connectivity index (χ4n) is 2.78. The lowest BCUT2D eigenvalue weighted by Gasteiger charge is -2.39. The molecular weight excluding hydrogens is 335 g/mol. The Morgan fingerprint density at radius 2 is 2.00 bits per heavy atom. The Balaban J connectivity index is 1.61. The number of rotatable bonds is 2. The third-order valence-corrected chi connectivity index (χ3v) is 3.95. The number of likely N-dealkylation sites (tertiary alicyclic amines) is 1. The van der Waals surface area contributed by atoms with Gasteiger partial charge in [-0.25, -0.2) is 9.78 Å². The molecule has 1 saturated heterocycles. The van der Waals surface area contributed by atoms with Gasteiger partial charge in [0, 0.05) is 25.4 Å². The molecule has 0 spiro atoms. The molecule has 136 valence electrons. The van der Waals surface area contributed by atoms with E-state index in [1.807, 2.05) is 20.8 Å². The zero-order valence-corrected chi connectivity index (χ0v) is 14.3. The molecule has 3 rings (SSSR count). The first-order chi connectivity index (χ1) is 11.5. The fraction of sp³-hybridized carbons (Fsp3) is 0.529. The summed E-state index contributed by atoms with van der Waals surface area (Å²) in [5, 5.41) is 0. The molecule has 1 amide bonds. The Kier molecular flexibility index (Phi) is 4.17. The molecule has 1 aliphatic heterocycles. The number of carbonyl (C=O) groups excluding carboxylic acids is 1. The van der Waals surface area contributed by atoms with Crippen LogP contribution >= 0.6 is 0 Å². The lowest BCUT2D eigenvalue weighted by atomic mass is 9.97. The third-order valence-electron chi connectivity index (χ3n) is 3.95. The molecular formula is C17H20F3N3O2. The Morgan fingerprint density at radius 3 is 2.60 bits per heavy atom. The molecule has 8 heteroatoms. The van der Waals surface area contributed by atoms with E-state index in [1.165, 1.54) is 6.07 Å². The predicted octanol–water partition coefficient (Wildman–Crippen LogP) is 3.99. The summed E-state index contributed by atoms with van der Waals surface area (Å²) in [6.07, 6.45) is -4.14. The van der Waals surface area contributed by atoms with Crippen LogP contribution in [-0.4, -0.2) is 39.7 Å². The van der Waals surface area contributed by atoms with Crippen LogP contribution in [0, 0.1) is 5.92 Å². The van der Waals surface area contributed by atoms with E-state index in [9.17, 15) is 18.0 Å². The summed E-state index contributed by atoms with van der Waals surface area (Å²) >= 11 is 0. The Labute approximate surface area is 143 Å². The van der Waals surface area contributed by atoms with E-state index in [-0.39, 0.29) is 12.0 Å². The van der Waals surface area contributed by atoms with Crippen molar-refractivity contribution >= 4 is 17.1 Å². The van der Waals surface area contributed by atoms with E-state index < -0.39 is 17.3 Å². The summed E-state index contributed by atoms with van der Waals surface area (Å²) < 4.78 is 43.5. The number of ether oxygens (including phenoxy) is 1. The second kappa shape index (κ2) is 5.93. The zero-order chi connectivity index (χ0) is 18.4. The quantitative estimate of drug-likeness (QED) is 0.886. The number of hydrogen-bond acceptors (Lipinski definition) is 3. The molecule has 2 aromatic rings. The zero-order valence-electron chi connectivity index (χ0n) is 14.3. The Bertz CT molecular complexity index is 787. The molecule has 0 aliphatic carbocycles. The summed E-state index contributed by atoms with van der Waals surface area (Å²) in [6.45, 7) is 6.54. The number of nitrogens with zero attached hydrogens (tertiary/aromatic N) is 2. The van der Waals surface area contributed by atoms with E-state index in [1.54, 1.807) is 4.90 Å². The highest BCUT2D eigenvalue weighted by Gasteiger charge is 2.34. The Hall–Kier alpha value is -2.25. The maximum atomic E-state index is 12.7. The lowest BCUT2D eigenvalue weighted by molar-refractivity contribution is -0.137. The van der Waals surface area contributed by atoms with Crippen molar-refractivity contribution in [3.05, 3.63) is 29.6 Å². The number of alkyl halides is 3. The van der Waals surface area contributed by atoms with Crippen molar-refractivity contribution in [3.8, 4) is 0 Å². The molecule has 5 nitrogen and oxygen atoms in total. The van der Waals surface area contributed by atoms with E-state index in [0.717, 1.165) is 12.1 Å². The number of aromatic nitrogens is 2. The van der Waals surface area contributed by atoms with Crippen LogP contribution in [0.5, 0.6) is 0 Å². The summed E-state index contributed by atoms with van der Waals surface area (Å²) in [6, 6.07) is 3.46. The minimum absolute atomic E-state index is 0.218. The second-order valence-corrected chi connectivity index (χ2v) is 7.37. The van der Waals surface area contributed by atoms with E-state index in [0.29, 0.717) is 36.4 Å². The number of imidazole rings is 1. The van der Waals surface area contributed by atoms with Crippen LogP contribution in [0.3, 0.4) is 0 Å². The topological polar surface area (TPSA) is 58.2 Å². The van der Waals surface area contributed by atoms with Gasteiger partial charge in [0.1, 0.15) is 11.4 Å². The van der Waals surface area contributed by atoms with Gasteiger partial charge in [-0.15, -0.1) is 0 Å². The highest BCUT2D eigenvalue weighted by atomic mass is 19.4. The van der Waals surface area contributed by atoms with Gasteiger partial charge in [-0.05, 0) is 39.0 Å². The summed E-state index contributed by atoms with van der Waals surface area (Å²) in [7, 11) is 0.